The van der Waals surface area contributed by atoms with E-state index in [1.54, 1.807) is 25.1 Å². The second-order valence-corrected chi connectivity index (χ2v) is 3.48. The topological polar surface area (TPSA) is 62.5 Å². The van der Waals surface area contributed by atoms with Crippen LogP contribution < -0.4 is 9.47 Å². The molecular weight excluding hydrogens is 194 g/mol. The Morgan fingerprint density at radius 2 is 2.13 bits per heavy atom. The fourth-order valence-electron chi connectivity index (χ4n) is 1.46. The van der Waals surface area contributed by atoms with Gasteiger partial charge < -0.3 is 14.6 Å². The second-order valence-electron chi connectivity index (χ2n) is 3.48. The summed E-state index contributed by atoms with van der Waals surface area (Å²) in [4.78, 5) is 0. The van der Waals surface area contributed by atoms with Crippen LogP contribution >= 0.6 is 0 Å². The zero-order valence-electron chi connectivity index (χ0n) is 8.30. The van der Waals surface area contributed by atoms with Crippen molar-refractivity contribution in [3.05, 3.63) is 23.8 Å². The summed E-state index contributed by atoms with van der Waals surface area (Å²) in [5.41, 5.74) is 0.674. The highest BCUT2D eigenvalue weighted by atomic mass is 16.7. The van der Waals surface area contributed by atoms with Crippen LogP contribution in [0.1, 0.15) is 18.6 Å². The molecule has 1 heterocycles. The highest BCUT2D eigenvalue weighted by Crippen LogP contribution is 2.35. The van der Waals surface area contributed by atoms with E-state index in [9.17, 15) is 5.11 Å². The van der Waals surface area contributed by atoms with Gasteiger partial charge in [-0.2, -0.15) is 5.26 Å². The van der Waals surface area contributed by atoms with Crippen LogP contribution in [0.3, 0.4) is 0 Å². The van der Waals surface area contributed by atoms with Crippen molar-refractivity contribution < 1.29 is 14.6 Å². The van der Waals surface area contributed by atoms with Crippen molar-refractivity contribution >= 4 is 0 Å². The van der Waals surface area contributed by atoms with Crippen molar-refractivity contribution in [2.24, 2.45) is 5.92 Å². The van der Waals surface area contributed by atoms with Gasteiger partial charge in [-0.3, -0.25) is 0 Å². The molecule has 2 atom stereocenters. The lowest BCUT2D eigenvalue weighted by Gasteiger charge is -2.12. The maximum absolute atomic E-state index is 9.80. The quantitative estimate of drug-likeness (QED) is 0.796. The Morgan fingerprint density at radius 1 is 1.40 bits per heavy atom. The molecule has 15 heavy (non-hydrogen) atoms. The van der Waals surface area contributed by atoms with Crippen molar-refractivity contribution in [3.8, 4) is 17.6 Å². The minimum absolute atomic E-state index is 0.211. The first-order chi connectivity index (χ1) is 7.22. The Kier molecular flexibility index (Phi) is 2.48. The average molecular weight is 205 g/mol. The highest BCUT2D eigenvalue weighted by Gasteiger charge is 2.20. The van der Waals surface area contributed by atoms with E-state index in [2.05, 4.69) is 0 Å². The Balaban J connectivity index is 2.27. The van der Waals surface area contributed by atoms with Crippen LogP contribution in [-0.4, -0.2) is 11.9 Å². The molecule has 0 spiro atoms. The first-order valence-corrected chi connectivity index (χ1v) is 4.69. The van der Waals surface area contributed by atoms with Crippen molar-refractivity contribution in [2.45, 2.75) is 13.0 Å². The van der Waals surface area contributed by atoms with Crippen LogP contribution in [0.25, 0.3) is 0 Å². The molecular formula is C11H11NO3. The third-order valence-electron chi connectivity index (χ3n) is 2.42. The van der Waals surface area contributed by atoms with Gasteiger partial charge in [-0.05, 0) is 24.6 Å². The first-order valence-electron chi connectivity index (χ1n) is 4.69. The van der Waals surface area contributed by atoms with Gasteiger partial charge in [-0.1, -0.05) is 6.07 Å². The maximum atomic E-state index is 9.80. The summed E-state index contributed by atoms with van der Waals surface area (Å²) in [7, 11) is 0. The van der Waals surface area contributed by atoms with Gasteiger partial charge in [0.25, 0.3) is 0 Å². The van der Waals surface area contributed by atoms with E-state index in [1.165, 1.54) is 0 Å². The number of nitrogens with zero attached hydrogens (tertiary/aromatic N) is 1. The number of aliphatic hydroxyl groups is 1. The lowest BCUT2D eigenvalue weighted by atomic mass is 9.98. The largest absolute Gasteiger partial charge is 0.454 e. The predicted octanol–water partition coefficient (Wildman–Crippen LogP) is 1.61. The molecule has 78 valence electrons. The molecule has 2 unspecified atom stereocenters. The number of hydrogen-bond donors (Lipinski definition) is 1. The smallest absolute Gasteiger partial charge is 0.231 e. The summed E-state index contributed by atoms with van der Waals surface area (Å²) in [6.07, 6.45) is -0.788. The molecule has 1 aliphatic rings. The van der Waals surface area contributed by atoms with Gasteiger partial charge >= 0.3 is 0 Å². The van der Waals surface area contributed by atoms with E-state index in [0.29, 0.717) is 17.1 Å². The van der Waals surface area contributed by atoms with Gasteiger partial charge in [-0.25, -0.2) is 0 Å². The minimum Gasteiger partial charge on any atom is -0.454 e. The van der Waals surface area contributed by atoms with Gasteiger partial charge in [0.2, 0.25) is 6.79 Å². The fraction of sp³-hybridized carbons (Fsp3) is 0.364. The van der Waals surface area contributed by atoms with E-state index >= 15 is 0 Å². The number of benzene rings is 1. The monoisotopic (exact) mass is 205 g/mol. The fourth-order valence-corrected chi connectivity index (χ4v) is 1.46. The molecule has 2 rings (SSSR count). The molecule has 1 aromatic rings. The summed E-state index contributed by atoms with van der Waals surface area (Å²) in [6.45, 7) is 1.89. The molecule has 0 bridgehead atoms. The first kappa shape index (κ1) is 9.81. The van der Waals surface area contributed by atoms with Crippen LogP contribution in [0.15, 0.2) is 18.2 Å². The van der Waals surface area contributed by atoms with Gasteiger partial charge in [0, 0.05) is 0 Å². The Labute approximate surface area is 87.7 Å². The van der Waals surface area contributed by atoms with Crippen molar-refractivity contribution in [3.63, 3.8) is 0 Å². The lowest BCUT2D eigenvalue weighted by molar-refractivity contribution is 0.142. The van der Waals surface area contributed by atoms with Gasteiger partial charge in [0.05, 0.1) is 18.1 Å². The normalized spacial score (nSPS) is 16.9. The number of fused-ring (bicyclic) bond motifs is 1. The van der Waals surface area contributed by atoms with Gasteiger partial charge in [-0.15, -0.1) is 0 Å². The molecule has 0 radical (unpaired) electrons. The Bertz CT molecular complexity index is 411. The minimum atomic E-state index is -0.788. The van der Waals surface area contributed by atoms with Crippen LogP contribution in [-0.2, 0) is 0 Å². The summed E-state index contributed by atoms with van der Waals surface area (Å²) < 4.78 is 10.3. The molecule has 0 saturated heterocycles. The van der Waals surface area contributed by atoms with Crippen LogP contribution in [0.4, 0.5) is 0 Å². The molecule has 0 amide bonds. The standard InChI is InChI=1S/C11H11NO3/c1-7(5-12)11(13)8-2-3-9-10(4-8)15-6-14-9/h2-4,7,11,13H,6H2,1H3. The van der Waals surface area contributed by atoms with Crippen LogP contribution in [0.2, 0.25) is 0 Å². The highest BCUT2D eigenvalue weighted by molar-refractivity contribution is 5.45. The van der Waals surface area contributed by atoms with Crippen molar-refractivity contribution in [1.29, 1.82) is 5.26 Å². The van der Waals surface area contributed by atoms with E-state index in [1.807, 2.05) is 6.07 Å². The summed E-state index contributed by atoms with van der Waals surface area (Å²) in [5, 5.41) is 18.5. The van der Waals surface area contributed by atoms with Crippen LogP contribution in [0.5, 0.6) is 11.5 Å². The molecule has 4 nitrogen and oxygen atoms in total. The molecule has 0 aromatic heterocycles. The van der Waals surface area contributed by atoms with E-state index in [-0.39, 0.29) is 6.79 Å². The zero-order chi connectivity index (χ0) is 10.8. The van der Waals surface area contributed by atoms with Gasteiger partial charge in [0.15, 0.2) is 11.5 Å². The summed E-state index contributed by atoms with van der Waals surface area (Å²) in [5.74, 6) is 0.859. The summed E-state index contributed by atoms with van der Waals surface area (Å²) in [6, 6.07) is 7.20. The molecule has 1 N–H and O–H groups in total. The van der Waals surface area contributed by atoms with Crippen molar-refractivity contribution in [2.75, 3.05) is 6.79 Å². The number of hydrogen-bond acceptors (Lipinski definition) is 4. The van der Waals surface area contributed by atoms with Gasteiger partial charge in [0.1, 0.15) is 0 Å². The number of nitriles is 1. The average Bonchev–Trinajstić information content (AvgIpc) is 2.73. The van der Waals surface area contributed by atoms with Crippen molar-refractivity contribution in [1.82, 2.24) is 0 Å². The SMILES string of the molecule is CC(C#N)C(O)c1ccc2c(c1)OCO2. The molecule has 0 fully saturated rings. The molecule has 1 aromatic carbocycles. The number of ether oxygens (including phenoxy) is 2. The number of rotatable bonds is 2. The van der Waals surface area contributed by atoms with E-state index in [4.69, 9.17) is 14.7 Å². The van der Waals surface area contributed by atoms with E-state index in [0.717, 1.165) is 0 Å². The van der Waals surface area contributed by atoms with Crippen LogP contribution in [0, 0.1) is 17.2 Å². The number of aliphatic hydroxyl groups excluding tert-OH is 1. The Hall–Kier alpha value is -1.73. The molecule has 4 heteroatoms. The third kappa shape index (κ3) is 1.74. The molecule has 1 aliphatic heterocycles. The Morgan fingerprint density at radius 3 is 2.87 bits per heavy atom. The molecule has 0 aliphatic carbocycles. The zero-order valence-corrected chi connectivity index (χ0v) is 8.30. The van der Waals surface area contributed by atoms with E-state index < -0.39 is 12.0 Å². The predicted molar refractivity (Wildman–Crippen MR) is 52.3 cm³/mol. The molecule has 0 saturated carbocycles. The third-order valence-corrected chi connectivity index (χ3v) is 2.42. The second kappa shape index (κ2) is 3.79. The maximum Gasteiger partial charge on any atom is 0.231 e. The summed E-state index contributed by atoms with van der Waals surface area (Å²) >= 11 is 0. The lowest BCUT2D eigenvalue weighted by Crippen LogP contribution is -2.06.